The van der Waals surface area contributed by atoms with Crippen LogP contribution in [0.25, 0.3) is 22.5 Å². The van der Waals surface area contributed by atoms with Crippen molar-refractivity contribution in [3.05, 3.63) is 94.8 Å². The fourth-order valence-electron chi connectivity index (χ4n) is 4.45. The van der Waals surface area contributed by atoms with Gasteiger partial charge in [-0.15, -0.1) is 10.2 Å². The number of hydrogen-bond acceptors (Lipinski definition) is 6. The van der Waals surface area contributed by atoms with E-state index in [0.29, 0.717) is 42.9 Å². The van der Waals surface area contributed by atoms with Gasteiger partial charge >= 0.3 is 0 Å². The number of carbonyl (C=O) groups excluding carboxylic acids is 1. The average Bonchev–Trinajstić information content (AvgIpc) is 2.95. The number of nitrogens with one attached hydrogen (secondary N) is 1. The van der Waals surface area contributed by atoms with Crippen molar-refractivity contribution in [2.45, 2.75) is 19.4 Å². The van der Waals surface area contributed by atoms with E-state index in [4.69, 9.17) is 0 Å². The topological polar surface area (TPSA) is 93.0 Å². The monoisotopic (exact) mass is 516 g/mol. The smallest absolute Gasteiger partial charge is 0.266 e. The second-order valence-corrected chi connectivity index (χ2v) is 9.12. The maximum absolute atomic E-state index is 13.2. The zero-order valence-corrected chi connectivity index (χ0v) is 20.6. The molecule has 0 saturated carbocycles. The van der Waals surface area contributed by atoms with Crippen LogP contribution in [0.4, 0.5) is 14.6 Å². The van der Waals surface area contributed by atoms with Gasteiger partial charge in [0.05, 0.1) is 17.9 Å². The third kappa shape index (κ3) is 5.91. The quantitative estimate of drug-likeness (QED) is 0.403. The molecule has 2 aromatic heterocycles. The van der Waals surface area contributed by atoms with E-state index in [1.165, 1.54) is 35.0 Å². The Morgan fingerprint density at radius 1 is 0.816 bits per heavy atom. The molecular weight excluding hydrogens is 490 g/mol. The summed E-state index contributed by atoms with van der Waals surface area (Å²) in [7, 11) is 0. The highest BCUT2D eigenvalue weighted by Crippen LogP contribution is 2.24. The summed E-state index contributed by atoms with van der Waals surface area (Å²) >= 11 is 0. The number of halogens is 2. The van der Waals surface area contributed by atoms with Gasteiger partial charge in [-0.3, -0.25) is 9.59 Å². The average molecular weight is 517 g/mol. The molecule has 3 heterocycles. The van der Waals surface area contributed by atoms with Crippen molar-refractivity contribution < 1.29 is 13.6 Å². The molecule has 1 aliphatic heterocycles. The van der Waals surface area contributed by atoms with Crippen LogP contribution in [0.3, 0.4) is 0 Å². The number of anilines is 1. The maximum Gasteiger partial charge on any atom is 0.266 e. The summed E-state index contributed by atoms with van der Waals surface area (Å²) in [4.78, 5) is 27.0. The van der Waals surface area contributed by atoms with Crippen LogP contribution in [0.5, 0.6) is 0 Å². The van der Waals surface area contributed by atoms with Gasteiger partial charge in [0.25, 0.3) is 5.56 Å². The molecule has 1 amide bonds. The van der Waals surface area contributed by atoms with Gasteiger partial charge in [0, 0.05) is 42.7 Å². The highest BCUT2D eigenvalue weighted by atomic mass is 19.1. The van der Waals surface area contributed by atoms with E-state index in [2.05, 4.69) is 25.5 Å². The largest absolute Gasteiger partial charge is 0.355 e. The maximum atomic E-state index is 13.2. The summed E-state index contributed by atoms with van der Waals surface area (Å²) in [5, 5.41) is 15.9. The Labute approximate surface area is 218 Å². The van der Waals surface area contributed by atoms with Crippen LogP contribution >= 0.6 is 0 Å². The number of amides is 1. The highest BCUT2D eigenvalue weighted by molar-refractivity contribution is 5.79. The van der Waals surface area contributed by atoms with Crippen LogP contribution in [-0.4, -0.2) is 45.5 Å². The number of rotatable bonds is 7. The molecule has 194 valence electrons. The fraction of sp³-hybridized carbons (Fsp3) is 0.250. The van der Waals surface area contributed by atoms with Crippen LogP contribution in [0, 0.1) is 17.6 Å². The molecule has 1 aliphatic rings. The minimum atomic E-state index is -0.344. The molecule has 4 aromatic rings. The predicted molar refractivity (Wildman–Crippen MR) is 139 cm³/mol. The van der Waals surface area contributed by atoms with Gasteiger partial charge in [0.2, 0.25) is 5.91 Å². The first-order valence-electron chi connectivity index (χ1n) is 12.4. The molecule has 0 bridgehead atoms. The molecular formula is C28H26F2N6O2. The fourth-order valence-corrected chi connectivity index (χ4v) is 4.45. The molecule has 38 heavy (non-hydrogen) atoms. The Balaban J connectivity index is 1.11. The molecule has 0 aliphatic carbocycles. The van der Waals surface area contributed by atoms with Gasteiger partial charge < -0.3 is 10.2 Å². The first-order chi connectivity index (χ1) is 18.5. The van der Waals surface area contributed by atoms with Crippen LogP contribution in [0.2, 0.25) is 0 Å². The van der Waals surface area contributed by atoms with E-state index >= 15 is 0 Å². The van der Waals surface area contributed by atoms with E-state index in [1.54, 1.807) is 30.3 Å². The summed E-state index contributed by atoms with van der Waals surface area (Å²) in [5.74, 6) is -0.0885. The van der Waals surface area contributed by atoms with E-state index < -0.39 is 0 Å². The minimum absolute atomic E-state index is 0.0508. The van der Waals surface area contributed by atoms with Crippen LogP contribution < -0.4 is 15.8 Å². The first-order valence-corrected chi connectivity index (χ1v) is 12.4. The highest BCUT2D eigenvalue weighted by Gasteiger charge is 2.25. The Morgan fingerprint density at radius 2 is 1.42 bits per heavy atom. The number of carbonyl (C=O) groups is 1. The lowest BCUT2D eigenvalue weighted by atomic mass is 9.96. The van der Waals surface area contributed by atoms with Crippen LogP contribution in [0.1, 0.15) is 12.8 Å². The summed E-state index contributed by atoms with van der Waals surface area (Å²) < 4.78 is 27.6. The number of piperidine rings is 1. The van der Waals surface area contributed by atoms with Crippen molar-refractivity contribution in [1.29, 1.82) is 0 Å². The van der Waals surface area contributed by atoms with Crippen molar-refractivity contribution in [3.63, 3.8) is 0 Å². The molecule has 1 saturated heterocycles. The number of aromatic nitrogens is 4. The minimum Gasteiger partial charge on any atom is -0.355 e. The first kappa shape index (κ1) is 25.2. The van der Waals surface area contributed by atoms with E-state index in [-0.39, 0.29) is 42.1 Å². The Kier molecular flexibility index (Phi) is 7.48. The Morgan fingerprint density at radius 3 is 2.03 bits per heavy atom. The van der Waals surface area contributed by atoms with E-state index in [9.17, 15) is 18.4 Å². The van der Waals surface area contributed by atoms with Crippen LogP contribution in [0.15, 0.2) is 77.6 Å². The lowest BCUT2D eigenvalue weighted by Gasteiger charge is -2.31. The molecule has 0 atom stereocenters. The van der Waals surface area contributed by atoms with E-state index in [1.807, 2.05) is 12.1 Å². The lowest BCUT2D eigenvalue weighted by Crippen LogP contribution is -2.42. The second-order valence-electron chi connectivity index (χ2n) is 9.12. The molecule has 0 unspecified atom stereocenters. The Bertz CT molecular complexity index is 1450. The van der Waals surface area contributed by atoms with Gasteiger partial charge in [-0.05, 0) is 79.6 Å². The van der Waals surface area contributed by atoms with Gasteiger partial charge in [-0.1, -0.05) is 0 Å². The zero-order chi connectivity index (χ0) is 26.5. The van der Waals surface area contributed by atoms with Crippen molar-refractivity contribution in [2.75, 3.05) is 24.5 Å². The standard InChI is InChI=1S/C28H26F2N6O2/c29-22-5-1-19(2-6-22)24-9-11-26(33-32-24)35-16-13-21(14-17-35)28(38)31-15-18-36-27(37)12-10-25(34-36)20-3-7-23(30)8-4-20/h1-12,21H,13-18H2,(H,31,38). The molecule has 1 fully saturated rings. The third-order valence-electron chi connectivity index (χ3n) is 6.61. The molecule has 0 spiro atoms. The second kappa shape index (κ2) is 11.3. The SMILES string of the molecule is O=C(NCCn1nc(-c2ccc(F)cc2)ccc1=O)C1CCN(c2ccc(-c3ccc(F)cc3)nn2)CC1. The lowest BCUT2D eigenvalue weighted by molar-refractivity contribution is -0.125. The van der Waals surface area contributed by atoms with Gasteiger partial charge in [-0.2, -0.15) is 5.10 Å². The van der Waals surface area contributed by atoms with Gasteiger partial charge in [0.1, 0.15) is 11.6 Å². The van der Waals surface area contributed by atoms with Gasteiger partial charge in [0.15, 0.2) is 5.82 Å². The summed E-state index contributed by atoms with van der Waals surface area (Å²) in [6.45, 7) is 1.84. The van der Waals surface area contributed by atoms with Crippen molar-refractivity contribution in [3.8, 4) is 22.5 Å². The van der Waals surface area contributed by atoms with Crippen molar-refractivity contribution in [1.82, 2.24) is 25.3 Å². The van der Waals surface area contributed by atoms with Crippen molar-refractivity contribution in [2.24, 2.45) is 5.92 Å². The molecule has 1 N–H and O–H groups in total. The van der Waals surface area contributed by atoms with Crippen molar-refractivity contribution >= 4 is 11.7 Å². The number of hydrogen-bond donors (Lipinski definition) is 1. The third-order valence-corrected chi connectivity index (χ3v) is 6.61. The summed E-state index contributed by atoms with van der Waals surface area (Å²) in [5.41, 5.74) is 2.44. The molecule has 10 heteroatoms. The molecule has 0 radical (unpaired) electrons. The Hall–Kier alpha value is -4.47. The molecule has 2 aromatic carbocycles. The van der Waals surface area contributed by atoms with E-state index in [0.717, 1.165) is 11.4 Å². The molecule has 5 rings (SSSR count). The summed E-state index contributed by atoms with van der Waals surface area (Å²) in [6, 6.07) is 18.8. The number of benzene rings is 2. The van der Waals surface area contributed by atoms with Crippen LogP contribution in [-0.2, 0) is 11.3 Å². The summed E-state index contributed by atoms with van der Waals surface area (Å²) in [6.07, 6.45) is 1.34. The number of nitrogens with zero attached hydrogens (tertiary/aromatic N) is 5. The van der Waals surface area contributed by atoms with Gasteiger partial charge in [-0.25, -0.2) is 13.5 Å². The normalized spacial score (nSPS) is 13.9. The predicted octanol–water partition coefficient (Wildman–Crippen LogP) is 3.68. The zero-order valence-electron chi connectivity index (χ0n) is 20.6. The molecule has 8 nitrogen and oxygen atoms in total.